The van der Waals surface area contributed by atoms with Crippen molar-refractivity contribution in [1.82, 2.24) is 0 Å². The third-order valence-electron chi connectivity index (χ3n) is 3.32. The number of Topliss-reactive ketones (excluding diaryl/α,β-unsaturated/α-hetero) is 1. The number of nitrogens with one attached hydrogen (secondary N) is 1. The van der Waals surface area contributed by atoms with Gasteiger partial charge >= 0.3 is 0 Å². The molecule has 3 aromatic carbocycles. The Morgan fingerprint density at radius 3 is 1.92 bits per heavy atom. The van der Waals surface area contributed by atoms with Gasteiger partial charge in [0.05, 0.1) is 11.4 Å². The van der Waals surface area contributed by atoms with Gasteiger partial charge in [0.1, 0.15) is 0 Å². The number of carbonyl (C=O) groups is 1. The summed E-state index contributed by atoms with van der Waals surface area (Å²) in [6.07, 6.45) is 0. The molecule has 0 aliphatic carbocycles. The van der Waals surface area contributed by atoms with Crippen molar-refractivity contribution >= 4 is 23.0 Å². The highest BCUT2D eigenvalue weighted by atomic mass is 16.1. The van der Waals surface area contributed by atoms with Crippen molar-refractivity contribution in [3.05, 3.63) is 96.6 Å². The number of azo groups is 1. The SMILES string of the molecule is O=C(/C(N=Nc1ccccc1)=N\Nc1ccccc1)c1ccccc1. The Kier molecular flexibility index (Phi) is 5.40. The van der Waals surface area contributed by atoms with E-state index < -0.39 is 0 Å². The van der Waals surface area contributed by atoms with Crippen molar-refractivity contribution in [1.29, 1.82) is 0 Å². The number of para-hydroxylation sites is 1. The van der Waals surface area contributed by atoms with Crippen LogP contribution in [0.15, 0.2) is 106 Å². The van der Waals surface area contributed by atoms with Gasteiger partial charge in [-0.3, -0.25) is 10.2 Å². The fourth-order valence-corrected chi connectivity index (χ4v) is 2.07. The average Bonchev–Trinajstić information content (AvgIpc) is 2.70. The van der Waals surface area contributed by atoms with Crippen molar-refractivity contribution in [2.45, 2.75) is 0 Å². The molecule has 0 amide bonds. The minimum absolute atomic E-state index is 0.0149. The molecule has 0 unspecified atom stereocenters. The van der Waals surface area contributed by atoms with E-state index >= 15 is 0 Å². The lowest BCUT2D eigenvalue weighted by atomic mass is 10.1. The monoisotopic (exact) mass is 328 g/mol. The van der Waals surface area contributed by atoms with Crippen molar-refractivity contribution in [2.24, 2.45) is 15.3 Å². The number of amidine groups is 1. The molecule has 0 saturated heterocycles. The lowest BCUT2D eigenvalue weighted by Crippen LogP contribution is -2.13. The summed E-state index contributed by atoms with van der Waals surface area (Å²) in [5.41, 5.74) is 4.76. The van der Waals surface area contributed by atoms with Crippen LogP contribution in [-0.4, -0.2) is 11.6 Å². The van der Waals surface area contributed by atoms with Crippen LogP contribution in [0.25, 0.3) is 0 Å². The molecule has 5 nitrogen and oxygen atoms in total. The van der Waals surface area contributed by atoms with Crippen molar-refractivity contribution in [3.63, 3.8) is 0 Å². The van der Waals surface area contributed by atoms with E-state index in [9.17, 15) is 4.79 Å². The van der Waals surface area contributed by atoms with E-state index in [1.165, 1.54) is 0 Å². The van der Waals surface area contributed by atoms with Crippen LogP contribution in [0, 0.1) is 0 Å². The maximum absolute atomic E-state index is 12.7. The number of hydrogen-bond donors (Lipinski definition) is 1. The quantitative estimate of drug-likeness (QED) is 0.233. The Bertz CT molecular complexity index is 875. The first-order chi connectivity index (χ1) is 12.3. The topological polar surface area (TPSA) is 66.2 Å². The molecule has 0 aliphatic rings. The number of carbonyl (C=O) groups excluding carboxylic acids is 1. The predicted molar refractivity (Wildman–Crippen MR) is 99.2 cm³/mol. The molecule has 0 fully saturated rings. The Labute approximate surface area is 145 Å². The molecule has 0 saturated carbocycles. The fourth-order valence-electron chi connectivity index (χ4n) is 2.07. The number of ketones is 1. The molecule has 0 spiro atoms. The first kappa shape index (κ1) is 16.3. The molecule has 0 aliphatic heterocycles. The lowest BCUT2D eigenvalue weighted by Gasteiger charge is -2.03. The van der Waals surface area contributed by atoms with Gasteiger partial charge < -0.3 is 0 Å². The van der Waals surface area contributed by atoms with E-state index in [0.29, 0.717) is 11.3 Å². The minimum Gasteiger partial charge on any atom is -0.285 e. The van der Waals surface area contributed by atoms with Gasteiger partial charge in [-0.15, -0.1) is 15.3 Å². The minimum atomic E-state index is -0.302. The van der Waals surface area contributed by atoms with E-state index in [1.54, 1.807) is 36.4 Å². The van der Waals surface area contributed by atoms with Gasteiger partial charge in [-0.05, 0) is 24.3 Å². The van der Waals surface area contributed by atoms with Crippen LogP contribution in [0.5, 0.6) is 0 Å². The lowest BCUT2D eigenvalue weighted by molar-refractivity contribution is 0.106. The second-order valence-corrected chi connectivity index (χ2v) is 5.14. The summed E-state index contributed by atoms with van der Waals surface area (Å²) in [5.74, 6) is -0.317. The second-order valence-electron chi connectivity index (χ2n) is 5.14. The standard InChI is InChI=1S/C20H16N4O/c25-19(16-10-4-1-5-11-16)20(23-21-17-12-6-2-7-13-17)24-22-18-14-8-3-9-15-18/h1-15,21H/b23-20+,24-22?. The third kappa shape index (κ3) is 4.68. The molecule has 0 aromatic heterocycles. The zero-order valence-corrected chi connectivity index (χ0v) is 13.4. The van der Waals surface area contributed by atoms with Crippen molar-refractivity contribution in [3.8, 4) is 0 Å². The second kappa shape index (κ2) is 8.31. The number of rotatable bonds is 5. The molecule has 25 heavy (non-hydrogen) atoms. The van der Waals surface area contributed by atoms with Gasteiger partial charge in [0.15, 0.2) is 0 Å². The van der Waals surface area contributed by atoms with Crippen LogP contribution in [0.3, 0.4) is 0 Å². The highest BCUT2D eigenvalue weighted by molar-refractivity contribution is 6.45. The molecule has 0 radical (unpaired) electrons. The van der Waals surface area contributed by atoms with Gasteiger partial charge in [0, 0.05) is 5.56 Å². The van der Waals surface area contributed by atoms with Crippen LogP contribution in [-0.2, 0) is 0 Å². The molecule has 0 atom stereocenters. The number of hydrogen-bond acceptors (Lipinski definition) is 4. The third-order valence-corrected chi connectivity index (χ3v) is 3.32. The number of anilines is 1. The molecule has 0 heterocycles. The summed E-state index contributed by atoms with van der Waals surface area (Å²) in [6, 6.07) is 27.4. The summed E-state index contributed by atoms with van der Waals surface area (Å²) in [5, 5.41) is 12.3. The normalized spacial score (nSPS) is 11.4. The predicted octanol–water partition coefficient (Wildman–Crippen LogP) is 5.08. The maximum Gasteiger partial charge on any atom is 0.241 e. The Morgan fingerprint density at radius 1 is 0.720 bits per heavy atom. The molecule has 1 N–H and O–H groups in total. The van der Waals surface area contributed by atoms with Crippen LogP contribution < -0.4 is 5.43 Å². The largest absolute Gasteiger partial charge is 0.285 e. The maximum atomic E-state index is 12.7. The van der Waals surface area contributed by atoms with Crippen LogP contribution in [0.1, 0.15) is 10.4 Å². The highest BCUT2D eigenvalue weighted by Gasteiger charge is 2.14. The first-order valence-electron chi connectivity index (χ1n) is 7.78. The smallest absolute Gasteiger partial charge is 0.241 e. The van der Waals surface area contributed by atoms with Gasteiger partial charge in [-0.2, -0.15) is 0 Å². The average molecular weight is 328 g/mol. The van der Waals surface area contributed by atoms with Gasteiger partial charge in [0.2, 0.25) is 11.6 Å². The molecule has 5 heteroatoms. The highest BCUT2D eigenvalue weighted by Crippen LogP contribution is 2.12. The molecular formula is C20H16N4O. The van der Waals surface area contributed by atoms with Gasteiger partial charge in [-0.1, -0.05) is 66.7 Å². The number of hydrazone groups is 1. The first-order valence-corrected chi connectivity index (χ1v) is 7.78. The summed E-state index contributed by atoms with van der Waals surface area (Å²) in [4.78, 5) is 12.7. The zero-order chi connectivity index (χ0) is 17.3. The van der Waals surface area contributed by atoms with Crippen LogP contribution in [0.4, 0.5) is 11.4 Å². The van der Waals surface area contributed by atoms with E-state index in [4.69, 9.17) is 0 Å². The Balaban J connectivity index is 1.87. The van der Waals surface area contributed by atoms with Gasteiger partial charge in [-0.25, -0.2) is 0 Å². The molecule has 3 aromatic rings. The summed E-state index contributed by atoms with van der Waals surface area (Å²) < 4.78 is 0. The fraction of sp³-hybridized carbons (Fsp3) is 0. The number of benzene rings is 3. The number of nitrogens with zero attached hydrogens (tertiary/aromatic N) is 3. The van der Waals surface area contributed by atoms with E-state index in [0.717, 1.165) is 5.69 Å². The van der Waals surface area contributed by atoms with Crippen molar-refractivity contribution in [2.75, 3.05) is 5.43 Å². The summed E-state index contributed by atoms with van der Waals surface area (Å²) in [6.45, 7) is 0. The van der Waals surface area contributed by atoms with E-state index in [1.807, 2.05) is 54.6 Å². The van der Waals surface area contributed by atoms with E-state index in [-0.39, 0.29) is 11.6 Å². The molecular weight excluding hydrogens is 312 g/mol. The van der Waals surface area contributed by atoms with E-state index in [2.05, 4.69) is 20.8 Å². The zero-order valence-electron chi connectivity index (χ0n) is 13.4. The summed E-state index contributed by atoms with van der Waals surface area (Å²) >= 11 is 0. The van der Waals surface area contributed by atoms with Crippen LogP contribution in [0.2, 0.25) is 0 Å². The molecule has 122 valence electrons. The van der Waals surface area contributed by atoms with Crippen molar-refractivity contribution < 1.29 is 4.79 Å². The van der Waals surface area contributed by atoms with Crippen LogP contribution >= 0.6 is 0 Å². The molecule has 3 rings (SSSR count). The molecule has 0 bridgehead atoms. The Morgan fingerprint density at radius 2 is 1.28 bits per heavy atom. The summed E-state index contributed by atoms with van der Waals surface area (Å²) in [7, 11) is 0. The van der Waals surface area contributed by atoms with Gasteiger partial charge in [0.25, 0.3) is 0 Å². The Hall–Kier alpha value is -3.60.